The fourth-order valence-electron chi connectivity index (χ4n) is 11.3. The van der Waals surface area contributed by atoms with Crippen molar-refractivity contribution in [2.75, 3.05) is 0 Å². The monoisotopic (exact) mass is 787 g/mol. The van der Waals surface area contributed by atoms with Gasteiger partial charge in [-0.1, -0.05) is 187 Å². The van der Waals surface area contributed by atoms with Gasteiger partial charge in [-0.3, -0.25) is 0 Å². The molecule has 0 amide bonds. The highest BCUT2D eigenvalue weighted by Crippen LogP contribution is 2.63. The number of hydrogen-bond acceptors (Lipinski definition) is 0. The summed E-state index contributed by atoms with van der Waals surface area (Å²) in [5, 5.41) is 5.06. The van der Waals surface area contributed by atoms with Crippen molar-refractivity contribution in [1.82, 2.24) is 4.57 Å². The van der Waals surface area contributed by atoms with Crippen LogP contribution in [-0.2, 0) is 5.41 Å². The average molecular weight is 788 g/mol. The fourth-order valence-corrected chi connectivity index (χ4v) is 11.3. The van der Waals surface area contributed by atoms with E-state index >= 15 is 0 Å². The summed E-state index contributed by atoms with van der Waals surface area (Å²) < 4.78 is 2.47. The van der Waals surface area contributed by atoms with Gasteiger partial charge in [0.25, 0.3) is 0 Å². The van der Waals surface area contributed by atoms with Crippen LogP contribution in [0.25, 0.3) is 93.9 Å². The van der Waals surface area contributed by atoms with Crippen LogP contribution < -0.4 is 0 Å². The second-order valence-electron chi connectivity index (χ2n) is 17.4. The molecule has 10 aromatic carbocycles. The van der Waals surface area contributed by atoms with Crippen molar-refractivity contribution >= 4 is 32.6 Å². The van der Waals surface area contributed by atoms with Gasteiger partial charge in [0.05, 0.1) is 16.4 Å². The lowest BCUT2D eigenvalue weighted by Crippen LogP contribution is -2.25. The summed E-state index contributed by atoms with van der Waals surface area (Å²) in [5.41, 5.74) is 23.9. The van der Waals surface area contributed by atoms with Crippen molar-refractivity contribution in [1.29, 1.82) is 0 Å². The Bertz CT molecular complexity index is 3570. The number of aryl methyl sites for hydroxylation is 2. The number of rotatable bonds is 4. The summed E-state index contributed by atoms with van der Waals surface area (Å²) >= 11 is 0. The second-order valence-corrected chi connectivity index (χ2v) is 17.4. The van der Waals surface area contributed by atoms with Crippen molar-refractivity contribution in [3.8, 4) is 61.3 Å². The molecule has 1 spiro atoms. The second kappa shape index (κ2) is 13.1. The van der Waals surface area contributed by atoms with E-state index in [0.717, 1.165) is 5.69 Å². The van der Waals surface area contributed by atoms with Crippen molar-refractivity contribution in [3.05, 3.63) is 246 Å². The molecule has 11 aromatic rings. The summed E-state index contributed by atoms with van der Waals surface area (Å²) in [5.74, 6) is 0. The molecule has 62 heavy (non-hydrogen) atoms. The Kier molecular flexibility index (Phi) is 7.42. The molecule has 0 N–H and O–H groups in total. The van der Waals surface area contributed by atoms with Crippen molar-refractivity contribution in [2.45, 2.75) is 19.3 Å². The third-order valence-corrected chi connectivity index (χ3v) is 13.9. The minimum atomic E-state index is -0.379. The van der Waals surface area contributed by atoms with Crippen LogP contribution >= 0.6 is 0 Å². The fraction of sp³-hybridized carbons (Fsp3) is 0.0492. The normalized spacial score (nSPS) is 13.1. The van der Waals surface area contributed by atoms with Crippen molar-refractivity contribution in [3.63, 3.8) is 0 Å². The van der Waals surface area contributed by atoms with Gasteiger partial charge in [-0.05, 0) is 139 Å². The van der Waals surface area contributed by atoms with E-state index < -0.39 is 0 Å². The maximum absolute atomic E-state index is 2.50. The lowest BCUT2D eigenvalue weighted by molar-refractivity contribution is 0.794. The summed E-state index contributed by atoms with van der Waals surface area (Å²) in [6, 6.07) is 79.8. The highest BCUT2D eigenvalue weighted by molar-refractivity contribution is 6.22. The molecule has 0 bridgehead atoms. The first-order valence-electron chi connectivity index (χ1n) is 21.7. The quantitative estimate of drug-likeness (QED) is 0.167. The Morgan fingerprint density at radius 1 is 0.323 bits per heavy atom. The van der Waals surface area contributed by atoms with Crippen LogP contribution in [0.1, 0.15) is 33.4 Å². The van der Waals surface area contributed by atoms with Crippen LogP contribution in [0.3, 0.4) is 0 Å². The molecule has 0 fully saturated rings. The topological polar surface area (TPSA) is 4.93 Å². The van der Waals surface area contributed by atoms with Gasteiger partial charge >= 0.3 is 0 Å². The molecular weight excluding hydrogens is 747 g/mol. The molecule has 0 aliphatic heterocycles. The Labute approximate surface area is 361 Å². The van der Waals surface area contributed by atoms with Gasteiger partial charge in [0.15, 0.2) is 0 Å². The summed E-state index contributed by atoms with van der Waals surface area (Å²) in [7, 11) is 0. The van der Waals surface area contributed by atoms with Crippen LogP contribution in [0.4, 0.5) is 0 Å². The number of benzene rings is 10. The van der Waals surface area contributed by atoms with E-state index in [4.69, 9.17) is 0 Å². The van der Waals surface area contributed by atoms with Gasteiger partial charge in [-0.2, -0.15) is 0 Å². The number of nitrogens with zero attached hydrogens (tertiary/aromatic N) is 1. The molecule has 0 atom stereocenters. The highest BCUT2D eigenvalue weighted by atomic mass is 15.0. The molecule has 0 saturated heterocycles. The smallest absolute Gasteiger partial charge is 0.0725 e. The maximum atomic E-state index is 2.50. The first kappa shape index (κ1) is 35.1. The predicted molar refractivity (Wildman–Crippen MR) is 260 cm³/mol. The first-order chi connectivity index (χ1) is 30.5. The third-order valence-electron chi connectivity index (χ3n) is 13.9. The standard InChI is InChI=1S/C61H41N/c1-38-32-39(2)34-46(33-38)41-24-22-40(23-25-41)43-13-11-14-47(35-43)62-58-30-28-44(36-53(58)60-48-15-4-3-12-42(48)27-31-59(60)62)45-26-29-52-51-18-7-10-21-56(51)61(57(52)37-45)54-19-8-5-16-49(54)50-17-6-9-20-55(50)61/h3-37H,1-2H3. The van der Waals surface area contributed by atoms with Gasteiger partial charge in [-0.25, -0.2) is 0 Å². The largest absolute Gasteiger partial charge is 0.309 e. The summed E-state index contributed by atoms with van der Waals surface area (Å²) in [4.78, 5) is 0. The third kappa shape index (κ3) is 4.91. The zero-order chi connectivity index (χ0) is 41.1. The van der Waals surface area contributed by atoms with Crippen LogP contribution in [0, 0.1) is 13.8 Å². The molecule has 1 heterocycles. The van der Waals surface area contributed by atoms with E-state index in [1.54, 1.807) is 0 Å². The molecular formula is C61H41N. The Morgan fingerprint density at radius 2 is 0.855 bits per heavy atom. The van der Waals surface area contributed by atoms with Gasteiger partial charge in [0, 0.05) is 16.5 Å². The van der Waals surface area contributed by atoms with Crippen molar-refractivity contribution < 1.29 is 0 Å². The van der Waals surface area contributed by atoms with E-state index in [9.17, 15) is 0 Å². The molecule has 13 rings (SSSR count). The van der Waals surface area contributed by atoms with E-state index in [1.807, 2.05) is 0 Å². The Hall–Kier alpha value is -7.74. The molecule has 0 saturated carbocycles. The molecule has 0 unspecified atom stereocenters. The lowest BCUT2D eigenvalue weighted by atomic mass is 9.70. The zero-order valence-electron chi connectivity index (χ0n) is 34.7. The number of fused-ring (bicyclic) bond motifs is 15. The molecule has 2 aliphatic carbocycles. The molecule has 1 heteroatoms. The minimum Gasteiger partial charge on any atom is -0.309 e. The Morgan fingerprint density at radius 3 is 1.55 bits per heavy atom. The van der Waals surface area contributed by atoms with Crippen LogP contribution in [0.15, 0.2) is 212 Å². The van der Waals surface area contributed by atoms with Gasteiger partial charge in [0.1, 0.15) is 0 Å². The lowest BCUT2D eigenvalue weighted by Gasteiger charge is -2.30. The number of aromatic nitrogens is 1. The van der Waals surface area contributed by atoms with E-state index in [1.165, 1.54) is 122 Å². The average Bonchev–Trinajstić information content (AvgIpc) is 3.93. The molecule has 290 valence electrons. The molecule has 2 aliphatic rings. The minimum absolute atomic E-state index is 0.379. The van der Waals surface area contributed by atoms with Gasteiger partial charge in [0.2, 0.25) is 0 Å². The SMILES string of the molecule is Cc1cc(C)cc(-c2ccc(-c3cccc(-n4c5ccc(-c6ccc7c(c6)C6(c8ccccc8-c8ccccc86)c6ccccc6-7)cc5c5c6ccccc6ccc54)c3)cc2)c1. The van der Waals surface area contributed by atoms with E-state index in [2.05, 4.69) is 231 Å². The molecule has 0 radical (unpaired) electrons. The van der Waals surface area contributed by atoms with Crippen LogP contribution in [0.2, 0.25) is 0 Å². The van der Waals surface area contributed by atoms with Crippen LogP contribution in [-0.4, -0.2) is 4.57 Å². The predicted octanol–water partition coefficient (Wildman–Crippen LogP) is 15.9. The zero-order valence-corrected chi connectivity index (χ0v) is 34.7. The maximum Gasteiger partial charge on any atom is 0.0725 e. The number of hydrogen-bond donors (Lipinski definition) is 0. The van der Waals surface area contributed by atoms with Gasteiger partial charge < -0.3 is 4.57 Å². The highest BCUT2D eigenvalue weighted by Gasteiger charge is 2.51. The van der Waals surface area contributed by atoms with E-state index in [-0.39, 0.29) is 5.41 Å². The summed E-state index contributed by atoms with van der Waals surface area (Å²) in [6.07, 6.45) is 0. The Balaban J connectivity index is 0.984. The van der Waals surface area contributed by atoms with Crippen LogP contribution in [0.5, 0.6) is 0 Å². The van der Waals surface area contributed by atoms with E-state index in [0.29, 0.717) is 0 Å². The van der Waals surface area contributed by atoms with Gasteiger partial charge in [-0.15, -0.1) is 0 Å². The summed E-state index contributed by atoms with van der Waals surface area (Å²) in [6.45, 7) is 4.34. The molecule has 1 nitrogen and oxygen atoms in total. The molecule has 1 aromatic heterocycles. The van der Waals surface area contributed by atoms with Crippen molar-refractivity contribution in [2.24, 2.45) is 0 Å². The first-order valence-corrected chi connectivity index (χ1v) is 21.7.